The van der Waals surface area contributed by atoms with Crippen LogP contribution in [0.4, 0.5) is 0 Å². The van der Waals surface area contributed by atoms with Gasteiger partial charge in [0.2, 0.25) is 5.89 Å². The molecule has 3 heterocycles. The van der Waals surface area contributed by atoms with Crippen LogP contribution in [-0.4, -0.2) is 9.55 Å². The molecule has 210 valence electrons. The number of oxazole rings is 1. The van der Waals surface area contributed by atoms with E-state index in [4.69, 9.17) is 13.8 Å². The van der Waals surface area contributed by atoms with Gasteiger partial charge in [0.15, 0.2) is 5.58 Å². The van der Waals surface area contributed by atoms with E-state index in [1.165, 1.54) is 32.6 Å². The first-order chi connectivity index (χ1) is 22.3. The average Bonchev–Trinajstić information content (AvgIpc) is 3.79. The van der Waals surface area contributed by atoms with Crippen LogP contribution in [-0.2, 0) is 0 Å². The van der Waals surface area contributed by atoms with Crippen LogP contribution in [0, 0.1) is 0 Å². The Hall–Kier alpha value is -6.13. The van der Waals surface area contributed by atoms with Crippen molar-refractivity contribution < 1.29 is 8.83 Å². The summed E-state index contributed by atoms with van der Waals surface area (Å²) in [6.07, 6.45) is 0. The van der Waals surface area contributed by atoms with Gasteiger partial charge in [-0.05, 0) is 88.6 Å². The van der Waals surface area contributed by atoms with Crippen molar-refractivity contribution in [3.63, 3.8) is 0 Å². The lowest BCUT2D eigenvalue weighted by Crippen LogP contribution is -1.93. The smallest absolute Gasteiger partial charge is 0.227 e. The fourth-order valence-corrected chi connectivity index (χ4v) is 6.87. The zero-order chi connectivity index (χ0) is 29.5. The van der Waals surface area contributed by atoms with E-state index in [9.17, 15) is 0 Å². The molecule has 0 aliphatic rings. The zero-order valence-corrected chi connectivity index (χ0v) is 24.1. The lowest BCUT2D eigenvalue weighted by molar-refractivity contribution is 0.619. The SMILES string of the molecule is c1ccc(-c2ccc3c(c2)oc2ccc4oc(-c5ccc(-n6c7ccccc7c7cc8ccccc8cc76)cc5)nc4c23)cc1. The molecule has 7 aromatic carbocycles. The van der Waals surface area contributed by atoms with Crippen molar-refractivity contribution in [2.24, 2.45) is 0 Å². The van der Waals surface area contributed by atoms with Crippen LogP contribution >= 0.6 is 0 Å². The van der Waals surface area contributed by atoms with Gasteiger partial charge in [-0.3, -0.25) is 0 Å². The lowest BCUT2D eigenvalue weighted by Gasteiger charge is -2.09. The van der Waals surface area contributed by atoms with Gasteiger partial charge in [-0.15, -0.1) is 0 Å². The number of hydrogen-bond acceptors (Lipinski definition) is 3. The van der Waals surface area contributed by atoms with E-state index in [1.54, 1.807) is 0 Å². The number of furan rings is 1. The minimum Gasteiger partial charge on any atom is -0.456 e. The third-order valence-electron chi connectivity index (χ3n) is 9.01. The van der Waals surface area contributed by atoms with E-state index in [2.05, 4.69) is 132 Å². The minimum absolute atomic E-state index is 0.590. The summed E-state index contributed by atoms with van der Waals surface area (Å²) in [6, 6.07) is 50.9. The highest BCUT2D eigenvalue weighted by molar-refractivity contribution is 6.17. The van der Waals surface area contributed by atoms with Crippen LogP contribution in [0.2, 0.25) is 0 Å². The zero-order valence-electron chi connectivity index (χ0n) is 24.1. The second-order valence-electron chi connectivity index (χ2n) is 11.6. The molecule has 4 nitrogen and oxygen atoms in total. The Balaban J connectivity index is 1.09. The average molecular weight is 577 g/mol. The van der Waals surface area contributed by atoms with E-state index < -0.39 is 0 Å². The summed E-state index contributed by atoms with van der Waals surface area (Å²) in [5, 5.41) is 6.98. The van der Waals surface area contributed by atoms with Crippen molar-refractivity contribution in [3.8, 4) is 28.3 Å². The molecule has 0 spiro atoms. The molecule has 10 rings (SSSR count). The fraction of sp³-hybridized carbons (Fsp3) is 0. The Labute approximate surface area is 257 Å². The molecular formula is C41H24N2O2. The predicted octanol–water partition coefficient (Wildman–Crippen LogP) is 11.3. The molecule has 45 heavy (non-hydrogen) atoms. The predicted molar refractivity (Wildman–Crippen MR) is 184 cm³/mol. The second-order valence-corrected chi connectivity index (χ2v) is 11.6. The van der Waals surface area contributed by atoms with Crippen molar-refractivity contribution in [3.05, 3.63) is 146 Å². The van der Waals surface area contributed by atoms with Crippen LogP contribution in [0.15, 0.2) is 154 Å². The Bertz CT molecular complexity index is 2750. The second kappa shape index (κ2) is 9.18. The highest BCUT2D eigenvalue weighted by Crippen LogP contribution is 2.39. The van der Waals surface area contributed by atoms with Gasteiger partial charge in [0.05, 0.1) is 16.4 Å². The summed E-state index contributed by atoms with van der Waals surface area (Å²) in [5.74, 6) is 0.590. The molecule has 0 unspecified atom stereocenters. The highest BCUT2D eigenvalue weighted by atomic mass is 16.4. The number of benzene rings is 7. The largest absolute Gasteiger partial charge is 0.456 e. The summed E-state index contributed by atoms with van der Waals surface area (Å²) in [7, 11) is 0. The molecular weight excluding hydrogens is 552 g/mol. The van der Waals surface area contributed by atoms with Gasteiger partial charge in [-0.25, -0.2) is 4.98 Å². The summed E-state index contributed by atoms with van der Waals surface area (Å²) in [4.78, 5) is 5.01. The van der Waals surface area contributed by atoms with Crippen LogP contribution in [0.5, 0.6) is 0 Å². The molecule has 0 N–H and O–H groups in total. The molecule has 0 saturated carbocycles. The monoisotopic (exact) mass is 576 g/mol. The first-order valence-electron chi connectivity index (χ1n) is 15.1. The Morgan fingerprint density at radius 2 is 1.18 bits per heavy atom. The third-order valence-corrected chi connectivity index (χ3v) is 9.01. The number of para-hydroxylation sites is 1. The minimum atomic E-state index is 0.590. The van der Waals surface area contributed by atoms with Crippen molar-refractivity contribution in [1.82, 2.24) is 9.55 Å². The van der Waals surface area contributed by atoms with Gasteiger partial charge in [-0.1, -0.05) is 78.9 Å². The molecule has 3 aromatic heterocycles. The number of fused-ring (bicyclic) bond motifs is 9. The molecule has 0 amide bonds. The number of hydrogen-bond donors (Lipinski definition) is 0. The first-order valence-corrected chi connectivity index (χ1v) is 15.1. The maximum absolute atomic E-state index is 6.33. The van der Waals surface area contributed by atoms with Crippen molar-refractivity contribution in [2.45, 2.75) is 0 Å². The topological polar surface area (TPSA) is 44.1 Å². The fourth-order valence-electron chi connectivity index (χ4n) is 6.87. The summed E-state index contributed by atoms with van der Waals surface area (Å²) in [6.45, 7) is 0. The van der Waals surface area contributed by atoms with E-state index >= 15 is 0 Å². The molecule has 0 saturated heterocycles. The van der Waals surface area contributed by atoms with Crippen molar-refractivity contribution in [1.29, 1.82) is 0 Å². The van der Waals surface area contributed by atoms with Crippen molar-refractivity contribution in [2.75, 3.05) is 0 Å². The van der Waals surface area contributed by atoms with E-state index in [0.29, 0.717) is 5.89 Å². The third kappa shape index (κ3) is 3.63. The van der Waals surface area contributed by atoms with Crippen LogP contribution < -0.4 is 0 Å². The van der Waals surface area contributed by atoms with Crippen LogP contribution in [0.3, 0.4) is 0 Å². The highest BCUT2D eigenvalue weighted by Gasteiger charge is 2.18. The number of rotatable bonds is 3. The molecule has 4 heteroatoms. The summed E-state index contributed by atoms with van der Waals surface area (Å²) < 4.78 is 15.0. The normalized spacial score (nSPS) is 12.0. The molecule has 10 aromatic rings. The molecule has 0 radical (unpaired) electrons. The Kier molecular flexibility index (Phi) is 4.96. The van der Waals surface area contributed by atoms with Gasteiger partial charge in [0.25, 0.3) is 0 Å². The summed E-state index contributed by atoms with van der Waals surface area (Å²) >= 11 is 0. The quantitative estimate of drug-likeness (QED) is 0.210. The van der Waals surface area contributed by atoms with E-state index in [-0.39, 0.29) is 0 Å². The van der Waals surface area contributed by atoms with E-state index in [1.807, 2.05) is 18.2 Å². The Morgan fingerprint density at radius 1 is 0.444 bits per heavy atom. The lowest BCUT2D eigenvalue weighted by atomic mass is 10.0. The van der Waals surface area contributed by atoms with E-state index in [0.717, 1.165) is 55.4 Å². The molecule has 0 aliphatic heterocycles. The molecule has 0 fully saturated rings. The summed E-state index contributed by atoms with van der Waals surface area (Å²) in [5.41, 5.74) is 9.86. The van der Waals surface area contributed by atoms with Gasteiger partial charge in [0, 0.05) is 27.4 Å². The van der Waals surface area contributed by atoms with Crippen LogP contribution in [0.25, 0.3) is 93.9 Å². The molecule has 0 bridgehead atoms. The van der Waals surface area contributed by atoms with Gasteiger partial charge in [-0.2, -0.15) is 0 Å². The van der Waals surface area contributed by atoms with Crippen molar-refractivity contribution >= 4 is 65.6 Å². The number of aromatic nitrogens is 2. The maximum Gasteiger partial charge on any atom is 0.227 e. The number of nitrogens with zero attached hydrogens (tertiary/aromatic N) is 2. The standard InChI is InChI=1S/C41H24N2O2/c1-2-8-25(9-3-1)29-16-19-32-38(24-29)44-36-20-21-37-40(39(32)36)42-41(45-37)26-14-17-30(18-15-26)43-34-13-7-6-12-31(34)33-22-27-10-4-5-11-28(27)23-35(33)43/h1-24H. The Morgan fingerprint density at radius 3 is 2.04 bits per heavy atom. The van der Waals surface area contributed by atoms with Gasteiger partial charge < -0.3 is 13.4 Å². The molecule has 0 atom stereocenters. The van der Waals surface area contributed by atoms with Gasteiger partial charge >= 0.3 is 0 Å². The van der Waals surface area contributed by atoms with Crippen LogP contribution in [0.1, 0.15) is 0 Å². The maximum atomic E-state index is 6.33. The van der Waals surface area contributed by atoms with Gasteiger partial charge in [0.1, 0.15) is 16.7 Å². The molecule has 0 aliphatic carbocycles. The first kappa shape index (κ1) is 24.3.